The number of rotatable bonds is 6. The van der Waals surface area contributed by atoms with Crippen molar-refractivity contribution in [3.05, 3.63) is 59.8 Å². The lowest BCUT2D eigenvalue weighted by molar-refractivity contribution is -0.0357. The van der Waals surface area contributed by atoms with Crippen molar-refractivity contribution >= 4 is 6.03 Å². The highest BCUT2D eigenvalue weighted by atomic mass is 16.5. The van der Waals surface area contributed by atoms with Gasteiger partial charge in [-0.25, -0.2) is 14.5 Å². The monoisotopic (exact) mass is 466 g/mol. The van der Waals surface area contributed by atoms with Gasteiger partial charge in [0.05, 0.1) is 37.9 Å². The van der Waals surface area contributed by atoms with Crippen LogP contribution in [0.15, 0.2) is 48.5 Å². The lowest BCUT2D eigenvalue weighted by atomic mass is 9.90. The van der Waals surface area contributed by atoms with Crippen LogP contribution in [0.3, 0.4) is 0 Å². The minimum absolute atomic E-state index is 0.0756. The molecule has 9 nitrogen and oxygen atoms in total. The van der Waals surface area contributed by atoms with Crippen LogP contribution >= 0.6 is 0 Å². The molecule has 1 saturated heterocycles. The minimum atomic E-state index is -0.413. The number of urea groups is 1. The number of hydrogen-bond donors (Lipinski definition) is 2. The van der Waals surface area contributed by atoms with E-state index in [1.807, 2.05) is 53.2 Å². The Bertz CT molecular complexity index is 1120. The second kappa shape index (κ2) is 10.1. The van der Waals surface area contributed by atoms with Crippen molar-refractivity contribution in [3.8, 4) is 28.4 Å². The molecule has 0 spiro atoms. The maximum Gasteiger partial charge on any atom is 0.343 e. The van der Waals surface area contributed by atoms with E-state index >= 15 is 0 Å². The van der Waals surface area contributed by atoms with E-state index in [0.717, 1.165) is 39.7 Å². The Morgan fingerprint density at radius 3 is 2.09 bits per heavy atom. The third kappa shape index (κ3) is 4.57. The summed E-state index contributed by atoms with van der Waals surface area (Å²) in [6.07, 6.45) is 1.38. The van der Waals surface area contributed by atoms with Crippen LogP contribution in [0.4, 0.5) is 4.79 Å². The Balaban J connectivity index is 1.75. The van der Waals surface area contributed by atoms with Gasteiger partial charge in [0, 0.05) is 37.2 Å². The molecule has 2 N–H and O–H groups in total. The fourth-order valence-corrected chi connectivity index (χ4v) is 4.46. The van der Waals surface area contributed by atoms with E-state index in [-0.39, 0.29) is 12.5 Å². The highest BCUT2D eigenvalue weighted by molar-refractivity contribution is 5.73. The van der Waals surface area contributed by atoms with Crippen LogP contribution in [0.25, 0.3) is 16.9 Å². The van der Waals surface area contributed by atoms with Crippen LogP contribution in [0.1, 0.15) is 30.0 Å². The molecule has 4 rings (SSSR count). The summed E-state index contributed by atoms with van der Waals surface area (Å²) in [7, 11) is 4.58. The van der Waals surface area contributed by atoms with E-state index in [2.05, 4.69) is 0 Å². The summed E-state index contributed by atoms with van der Waals surface area (Å²) in [5.41, 5.74) is 4.17. The summed E-state index contributed by atoms with van der Waals surface area (Å²) in [6.45, 7) is 0.852. The zero-order valence-corrected chi connectivity index (χ0v) is 19.6. The molecule has 1 fully saturated rings. The summed E-state index contributed by atoms with van der Waals surface area (Å²) >= 11 is 0. The molecule has 34 heavy (non-hydrogen) atoms. The first kappa shape index (κ1) is 23.6. The normalized spacial score (nSPS) is 14.2. The first-order valence-corrected chi connectivity index (χ1v) is 11.2. The van der Waals surface area contributed by atoms with Gasteiger partial charge in [-0.1, -0.05) is 0 Å². The molecule has 2 heterocycles. The Morgan fingerprint density at radius 1 is 1.03 bits per heavy atom. The van der Waals surface area contributed by atoms with Crippen molar-refractivity contribution in [3.63, 3.8) is 0 Å². The van der Waals surface area contributed by atoms with E-state index in [0.29, 0.717) is 31.0 Å². The molecule has 0 aliphatic carbocycles. The van der Waals surface area contributed by atoms with Crippen molar-refractivity contribution < 1.29 is 24.6 Å². The van der Waals surface area contributed by atoms with Gasteiger partial charge in [-0.15, -0.1) is 0 Å². The number of ether oxygens (including phenoxy) is 2. The number of nitrogens with zero attached hydrogens (tertiary/aromatic N) is 4. The summed E-state index contributed by atoms with van der Waals surface area (Å²) in [5.74, 6) is 1.57. The first-order valence-electron chi connectivity index (χ1n) is 11.2. The molecule has 0 radical (unpaired) electrons. The number of likely N-dealkylation sites (tertiary alicyclic amines) is 1. The van der Waals surface area contributed by atoms with E-state index in [9.17, 15) is 15.1 Å². The first-order chi connectivity index (χ1) is 16.5. The van der Waals surface area contributed by atoms with Crippen molar-refractivity contribution in [1.82, 2.24) is 19.7 Å². The lowest BCUT2D eigenvalue weighted by Crippen LogP contribution is -2.43. The van der Waals surface area contributed by atoms with Gasteiger partial charge in [0.2, 0.25) is 0 Å². The van der Waals surface area contributed by atoms with Crippen molar-refractivity contribution in [1.29, 1.82) is 0 Å². The Morgan fingerprint density at radius 2 is 1.59 bits per heavy atom. The molecule has 0 bridgehead atoms. The number of methoxy groups -OCH3 is 2. The predicted octanol–water partition coefficient (Wildman–Crippen LogP) is 3.67. The van der Waals surface area contributed by atoms with Crippen LogP contribution in [-0.4, -0.2) is 70.4 Å². The summed E-state index contributed by atoms with van der Waals surface area (Å²) in [6, 6.07) is 14.9. The second-order valence-electron chi connectivity index (χ2n) is 8.28. The third-order valence-electron chi connectivity index (χ3n) is 6.28. The van der Waals surface area contributed by atoms with Gasteiger partial charge >= 0.3 is 6.03 Å². The fraction of sp³-hybridized carbons (Fsp3) is 0.360. The van der Waals surface area contributed by atoms with E-state index < -0.39 is 6.03 Å². The smallest absolute Gasteiger partial charge is 0.343 e. The molecular formula is C25H30N4O5. The van der Waals surface area contributed by atoms with Gasteiger partial charge in [0.15, 0.2) is 0 Å². The molecule has 0 atom stereocenters. The number of carbonyl (C=O) groups is 1. The average molecular weight is 467 g/mol. The maximum atomic E-state index is 12.1. The third-order valence-corrected chi connectivity index (χ3v) is 6.28. The summed E-state index contributed by atoms with van der Waals surface area (Å²) in [4.78, 5) is 13.7. The molecule has 9 heteroatoms. The molecule has 1 aromatic heterocycles. The SMILES string of the molecule is COc1ccc(-c2c(CO)c(C3CCN(C(=O)N(C)O)CC3)nn2-c2ccc(OC)cc2)cc1. The standard InChI is InChI=1S/C25H30N4O5/c1-27(32)25(31)28-14-12-17(13-15-28)23-22(16-30)24(18-4-8-20(33-2)9-5-18)29(26-23)19-6-10-21(34-3)11-7-19/h4-11,17,30,32H,12-16H2,1-3H3. The second-order valence-corrected chi connectivity index (χ2v) is 8.28. The minimum Gasteiger partial charge on any atom is -0.497 e. The highest BCUT2D eigenvalue weighted by Gasteiger charge is 2.30. The number of aliphatic hydroxyl groups is 1. The van der Waals surface area contributed by atoms with E-state index in [1.54, 1.807) is 19.1 Å². The van der Waals surface area contributed by atoms with Crippen molar-refractivity contribution in [2.24, 2.45) is 0 Å². The fourth-order valence-electron chi connectivity index (χ4n) is 4.46. The van der Waals surface area contributed by atoms with E-state index in [1.165, 1.54) is 7.05 Å². The topological polar surface area (TPSA) is 100 Å². The number of amides is 2. The maximum absolute atomic E-state index is 12.1. The van der Waals surface area contributed by atoms with Gasteiger partial charge in [-0.3, -0.25) is 5.21 Å². The van der Waals surface area contributed by atoms with Gasteiger partial charge in [-0.05, 0) is 61.4 Å². The molecule has 0 saturated carbocycles. The summed E-state index contributed by atoms with van der Waals surface area (Å²) < 4.78 is 12.5. The lowest BCUT2D eigenvalue weighted by Gasteiger charge is -2.32. The number of carbonyl (C=O) groups excluding carboxylic acids is 1. The van der Waals surface area contributed by atoms with Gasteiger partial charge < -0.3 is 19.5 Å². The van der Waals surface area contributed by atoms with Crippen LogP contribution in [0, 0.1) is 0 Å². The molecule has 2 aromatic carbocycles. The molecule has 1 aliphatic rings. The number of piperidine rings is 1. The van der Waals surface area contributed by atoms with Gasteiger partial charge in [0.25, 0.3) is 0 Å². The number of hydroxylamine groups is 2. The average Bonchev–Trinajstić information content (AvgIpc) is 3.28. The number of benzene rings is 2. The van der Waals surface area contributed by atoms with Crippen LogP contribution in [0.2, 0.25) is 0 Å². The Kier molecular flexibility index (Phi) is 7.04. The van der Waals surface area contributed by atoms with Crippen LogP contribution in [-0.2, 0) is 6.61 Å². The van der Waals surface area contributed by atoms with Crippen LogP contribution in [0.5, 0.6) is 11.5 Å². The molecule has 1 aliphatic heterocycles. The summed E-state index contributed by atoms with van der Waals surface area (Å²) in [5, 5.41) is 25.5. The molecule has 2 amide bonds. The van der Waals surface area contributed by atoms with Gasteiger partial charge in [0.1, 0.15) is 11.5 Å². The van der Waals surface area contributed by atoms with E-state index in [4.69, 9.17) is 14.6 Å². The Labute approximate surface area is 198 Å². The number of aliphatic hydroxyl groups excluding tert-OH is 1. The Hall–Kier alpha value is -3.56. The van der Waals surface area contributed by atoms with Crippen molar-refractivity contribution in [2.45, 2.75) is 25.4 Å². The molecule has 3 aromatic rings. The number of hydrogen-bond acceptors (Lipinski definition) is 6. The zero-order valence-electron chi connectivity index (χ0n) is 19.6. The van der Waals surface area contributed by atoms with Gasteiger partial charge in [-0.2, -0.15) is 5.10 Å². The quantitative estimate of drug-likeness (QED) is 0.425. The zero-order chi connectivity index (χ0) is 24.2. The van der Waals surface area contributed by atoms with Crippen molar-refractivity contribution in [2.75, 3.05) is 34.4 Å². The molecular weight excluding hydrogens is 436 g/mol. The molecule has 180 valence electrons. The highest BCUT2D eigenvalue weighted by Crippen LogP contribution is 2.37. The number of aromatic nitrogens is 2. The largest absolute Gasteiger partial charge is 0.497 e. The predicted molar refractivity (Wildman–Crippen MR) is 127 cm³/mol. The van der Waals surface area contributed by atoms with Crippen LogP contribution < -0.4 is 9.47 Å². The molecule has 0 unspecified atom stereocenters.